The van der Waals surface area contributed by atoms with Crippen molar-refractivity contribution in [1.82, 2.24) is 5.32 Å². The van der Waals surface area contributed by atoms with E-state index in [2.05, 4.69) is 5.32 Å². The molecule has 0 aromatic heterocycles. The van der Waals surface area contributed by atoms with Crippen molar-refractivity contribution in [2.75, 3.05) is 0 Å². The molecule has 0 atom stereocenters. The Morgan fingerprint density at radius 3 is 2.81 bits per heavy atom. The molecule has 0 saturated carbocycles. The van der Waals surface area contributed by atoms with E-state index >= 15 is 0 Å². The Morgan fingerprint density at radius 1 is 1.50 bits per heavy atom. The maximum Gasteiger partial charge on any atom is 0.134 e. The standard InChI is InChI=1S/C11H13F2N3/c1-7-2-3-9(12)8(11(7)13)6-16-5-4-10(14)15/h2-5,16H,6H2,1H3,(H3,14,15)/b5-4-. The highest BCUT2D eigenvalue weighted by atomic mass is 19.1. The van der Waals surface area contributed by atoms with Crippen LogP contribution in [-0.2, 0) is 6.54 Å². The molecule has 0 bridgehead atoms. The molecule has 0 radical (unpaired) electrons. The summed E-state index contributed by atoms with van der Waals surface area (Å²) in [4.78, 5) is 0. The first-order valence-electron chi connectivity index (χ1n) is 4.70. The summed E-state index contributed by atoms with van der Waals surface area (Å²) in [7, 11) is 0. The molecule has 0 aliphatic heterocycles. The molecule has 0 saturated heterocycles. The molecule has 16 heavy (non-hydrogen) atoms. The smallest absolute Gasteiger partial charge is 0.134 e. The van der Waals surface area contributed by atoms with E-state index in [1.165, 1.54) is 24.4 Å². The van der Waals surface area contributed by atoms with Crippen molar-refractivity contribution in [2.45, 2.75) is 13.5 Å². The largest absolute Gasteiger partial charge is 0.386 e. The van der Waals surface area contributed by atoms with Crippen molar-refractivity contribution in [3.05, 3.63) is 47.2 Å². The molecule has 0 amide bonds. The topological polar surface area (TPSA) is 61.9 Å². The van der Waals surface area contributed by atoms with Gasteiger partial charge in [0, 0.05) is 18.3 Å². The second-order valence-electron chi connectivity index (χ2n) is 3.33. The van der Waals surface area contributed by atoms with Crippen LogP contribution in [-0.4, -0.2) is 5.84 Å². The molecule has 0 aliphatic carbocycles. The van der Waals surface area contributed by atoms with Crippen molar-refractivity contribution in [2.24, 2.45) is 5.73 Å². The first-order valence-corrected chi connectivity index (χ1v) is 4.70. The fraction of sp³-hybridized carbons (Fsp3) is 0.182. The highest BCUT2D eigenvalue weighted by Crippen LogP contribution is 2.15. The Labute approximate surface area is 92.5 Å². The van der Waals surface area contributed by atoms with Gasteiger partial charge in [0.2, 0.25) is 0 Å². The van der Waals surface area contributed by atoms with Gasteiger partial charge in [0.1, 0.15) is 17.5 Å². The minimum atomic E-state index is -0.591. The number of nitrogens with one attached hydrogen (secondary N) is 2. The van der Waals surface area contributed by atoms with Gasteiger partial charge in [-0.25, -0.2) is 8.78 Å². The van der Waals surface area contributed by atoms with Gasteiger partial charge in [-0.15, -0.1) is 0 Å². The van der Waals surface area contributed by atoms with Gasteiger partial charge in [-0.3, -0.25) is 5.41 Å². The van der Waals surface area contributed by atoms with Crippen LogP contribution in [0.4, 0.5) is 8.78 Å². The van der Waals surface area contributed by atoms with Crippen LogP contribution in [0.2, 0.25) is 0 Å². The lowest BCUT2D eigenvalue weighted by Crippen LogP contribution is -2.12. The Balaban J connectivity index is 2.74. The van der Waals surface area contributed by atoms with E-state index < -0.39 is 11.6 Å². The third-order valence-electron chi connectivity index (χ3n) is 2.04. The van der Waals surface area contributed by atoms with Gasteiger partial charge >= 0.3 is 0 Å². The highest BCUT2D eigenvalue weighted by Gasteiger charge is 2.09. The van der Waals surface area contributed by atoms with Crippen molar-refractivity contribution in [3.63, 3.8) is 0 Å². The van der Waals surface area contributed by atoms with Crippen LogP contribution in [0.1, 0.15) is 11.1 Å². The van der Waals surface area contributed by atoms with Gasteiger partial charge in [0.15, 0.2) is 0 Å². The maximum absolute atomic E-state index is 13.5. The number of amidine groups is 1. The molecule has 0 unspecified atom stereocenters. The van der Waals surface area contributed by atoms with Crippen LogP contribution in [0.3, 0.4) is 0 Å². The molecule has 0 spiro atoms. The van der Waals surface area contributed by atoms with Crippen LogP contribution in [0, 0.1) is 24.0 Å². The lowest BCUT2D eigenvalue weighted by molar-refractivity contribution is 0.543. The zero-order valence-electron chi connectivity index (χ0n) is 8.85. The second-order valence-corrected chi connectivity index (χ2v) is 3.33. The number of hydrogen-bond acceptors (Lipinski definition) is 2. The molecular formula is C11H13F2N3. The minimum absolute atomic E-state index is 0.0170. The zero-order chi connectivity index (χ0) is 12.1. The lowest BCUT2D eigenvalue weighted by Gasteiger charge is -2.06. The Bertz CT molecular complexity index is 427. The van der Waals surface area contributed by atoms with Crippen molar-refractivity contribution >= 4 is 5.84 Å². The fourth-order valence-corrected chi connectivity index (χ4v) is 1.19. The second kappa shape index (κ2) is 5.25. The van der Waals surface area contributed by atoms with Crippen molar-refractivity contribution in [1.29, 1.82) is 5.41 Å². The third kappa shape index (κ3) is 3.05. The Hall–Kier alpha value is -1.91. The molecule has 1 aromatic carbocycles. The summed E-state index contributed by atoms with van der Waals surface area (Å²) in [6, 6.07) is 2.61. The maximum atomic E-state index is 13.5. The molecular weight excluding hydrogens is 212 g/mol. The number of nitrogens with two attached hydrogens (primary N) is 1. The van der Waals surface area contributed by atoms with Crippen molar-refractivity contribution in [3.8, 4) is 0 Å². The molecule has 0 heterocycles. The molecule has 5 heteroatoms. The van der Waals surface area contributed by atoms with Crippen LogP contribution in [0.5, 0.6) is 0 Å². The van der Waals surface area contributed by atoms with E-state index in [1.54, 1.807) is 6.92 Å². The summed E-state index contributed by atoms with van der Waals surface area (Å²) in [5.74, 6) is -1.27. The van der Waals surface area contributed by atoms with Gasteiger partial charge in [-0.05, 0) is 24.6 Å². The van der Waals surface area contributed by atoms with Crippen LogP contribution in [0.15, 0.2) is 24.4 Å². The van der Waals surface area contributed by atoms with E-state index in [0.717, 1.165) is 0 Å². The predicted octanol–water partition coefficient (Wildman–Crippen LogP) is 1.81. The van der Waals surface area contributed by atoms with E-state index in [4.69, 9.17) is 11.1 Å². The number of halogens is 2. The molecule has 0 aliphatic rings. The molecule has 0 fully saturated rings. The first-order chi connectivity index (χ1) is 7.52. The summed E-state index contributed by atoms with van der Waals surface area (Å²) < 4.78 is 26.7. The SMILES string of the molecule is Cc1ccc(F)c(CN/C=C\C(=N)N)c1F. The highest BCUT2D eigenvalue weighted by molar-refractivity contribution is 5.88. The van der Waals surface area contributed by atoms with Crippen LogP contribution >= 0.6 is 0 Å². The van der Waals surface area contributed by atoms with E-state index in [1.807, 2.05) is 0 Å². The Morgan fingerprint density at radius 2 is 2.19 bits per heavy atom. The quantitative estimate of drug-likeness (QED) is 0.540. The zero-order valence-corrected chi connectivity index (χ0v) is 8.85. The molecule has 86 valence electrons. The normalized spacial score (nSPS) is 10.7. The van der Waals surface area contributed by atoms with Gasteiger partial charge in [-0.2, -0.15) is 0 Å². The lowest BCUT2D eigenvalue weighted by atomic mass is 10.1. The summed E-state index contributed by atoms with van der Waals surface area (Å²) in [5, 5.41) is 9.56. The number of rotatable bonds is 4. The number of aryl methyl sites for hydroxylation is 1. The summed E-state index contributed by atoms with van der Waals surface area (Å²) >= 11 is 0. The first kappa shape index (κ1) is 12.2. The minimum Gasteiger partial charge on any atom is -0.386 e. The van der Waals surface area contributed by atoms with Crippen molar-refractivity contribution < 1.29 is 8.78 Å². The predicted molar refractivity (Wildman–Crippen MR) is 59.0 cm³/mol. The average Bonchev–Trinajstić information content (AvgIpc) is 2.22. The summed E-state index contributed by atoms with van der Waals surface area (Å²) in [6.07, 6.45) is 2.68. The van der Waals surface area contributed by atoms with Gasteiger partial charge in [0.05, 0.1) is 0 Å². The van der Waals surface area contributed by atoms with E-state index in [-0.39, 0.29) is 17.9 Å². The Kier molecular flexibility index (Phi) is 3.99. The number of benzene rings is 1. The van der Waals surface area contributed by atoms with E-state index in [9.17, 15) is 8.78 Å². The fourth-order valence-electron chi connectivity index (χ4n) is 1.19. The molecule has 1 rings (SSSR count). The molecule has 4 N–H and O–H groups in total. The van der Waals surface area contributed by atoms with E-state index in [0.29, 0.717) is 5.56 Å². The molecule has 1 aromatic rings. The third-order valence-corrected chi connectivity index (χ3v) is 2.04. The van der Waals surface area contributed by atoms with Crippen LogP contribution < -0.4 is 11.1 Å². The molecule has 3 nitrogen and oxygen atoms in total. The number of hydrogen-bond donors (Lipinski definition) is 3. The average molecular weight is 225 g/mol. The summed E-state index contributed by atoms with van der Waals surface area (Å²) in [5.41, 5.74) is 5.44. The monoisotopic (exact) mass is 225 g/mol. The van der Waals surface area contributed by atoms with Gasteiger partial charge < -0.3 is 11.1 Å². The summed E-state index contributed by atoms with van der Waals surface area (Å²) in [6.45, 7) is 1.59. The van der Waals surface area contributed by atoms with Crippen LogP contribution in [0.25, 0.3) is 0 Å². The van der Waals surface area contributed by atoms with Gasteiger partial charge in [0.25, 0.3) is 0 Å². The van der Waals surface area contributed by atoms with Gasteiger partial charge in [-0.1, -0.05) is 6.07 Å².